The fraction of sp³-hybridized carbons (Fsp3) is 0.375. The van der Waals surface area contributed by atoms with Gasteiger partial charge in [-0.3, -0.25) is 0 Å². The highest BCUT2D eigenvalue weighted by molar-refractivity contribution is 5.70. The quantitative estimate of drug-likeness (QED) is 0.744. The standard InChI is InChI=1S/C16H15F4N3O3/c17-14(18)24-10-4-2-9(11(8-10)25-15(19)20)3-5-12-22-13(23-26-12)16(21)6-1-7-16/h2-5,8,14-15H,1,6-7,21H2/b5-3+. The first-order valence-corrected chi connectivity index (χ1v) is 7.70. The van der Waals surface area contributed by atoms with Crippen molar-refractivity contribution >= 4 is 12.2 Å². The molecule has 1 saturated carbocycles. The molecule has 0 aliphatic heterocycles. The molecule has 0 atom stereocenters. The van der Waals surface area contributed by atoms with Crippen LogP contribution < -0.4 is 15.2 Å². The molecule has 3 rings (SSSR count). The van der Waals surface area contributed by atoms with Crippen LogP contribution in [0.4, 0.5) is 17.6 Å². The van der Waals surface area contributed by atoms with Crippen LogP contribution >= 0.6 is 0 Å². The summed E-state index contributed by atoms with van der Waals surface area (Å²) in [5, 5.41) is 3.82. The van der Waals surface area contributed by atoms with E-state index in [9.17, 15) is 17.6 Å². The highest BCUT2D eigenvalue weighted by atomic mass is 19.3. The summed E-state index contributed by atoms with van der Waals surface area (Å²) < 4.78 is 63.2. The van der Waals surface area contributed by atoms with Crippen LogP contribution in [0.2, 0.25) is 0 Å². The van der Waals surface area contributed by atoms with E-state index in [1.54, 1.807) is 0 Å². The summed E-state index contributed by atoms with van der Waals surface area (Å²) in [6, 6.07) is 3.44. The van der Waals surface area contributed by atoms with Crippen LogP contribution in [0, 0.1) is 0 Å². The molecule has 6 nitrogen and oxygen atoms in total. The van der Waals surface area contributed by atoms with Crippen LogP contribution in [-0.2, 0) is 5.54 Å². The molecule has 1 aromatic carbocycles. The lowest BCUT2D eigenvalue weighted by Crippen LogP contribution is -2.44. The average Bonchev–Trinajstić information content (AvgIpc) is 3.00. The van der Waals surface area contributed by atoms with Gasteiger partial charge in [0, 0.05) is 17.7 Å². The Labute approximate surface area is 145 Å². The maximum absolute atomic E-state index is 12.5. The fourth-order valence-corrected chi connectivity index (χ4v) is 2.47. The van der Waals surface area contributed by atoms with E-state index < -0.39 is 18.8 Å². The molecular weight excluding hydrogens is 358 g/mol. The highest BCUT2D eigenvalue weighted by Crippen LogP contribution is 2.37. The Morgan fingerprint density at radius 2 is 1.85 bits per heavy atom. The van der Waals surface area contributed by atoms with Crippen LogP contribution in [0.15, 0.2) is 22.7 Å². The van der Waals surface area contributed by atoms with Gasteiger partial charge in [-0.2, -0.15) is 22.5 Å². The van der Waals surface area contributed by atoms with Gasteiger partial charge in [0.15, 0.2) is 5.82 Å². The zero-order valence-corrected chi connectivity index (χ0v) is 13.4. The normalized spacial score (nSPS) is 16.3. The molecule has 0 radical (unpaired) electrons. The SMILES string of the molecule is NC1(c2noc(/C=C/c3ccc(OC(F)F)cc3OC(F)F)n2)CCC1. The minimum Gasteiger partial charge on any atom is -0.435 e. The third-order valence-electron chi connectivity index (χ3n) is 3.96. The molecule has 0 amide bonds. The van der Waals surface area contributed by atoms with E-state index in [1.807, 2.05) is 0 Å². The first-order valence-electron chi connectivity index (χ1n) is 7.70. The van der Waals surface area contributed by atoms with Gasteiger partial charge < -0.3 is 19.7 Å². The van der Waals surface area contributed by atoms with Gasteiger partial charge in [0.05, 0.1) is 5.54 Å². The number of aromatic nitrogens is 2. The van der Waals surface area contributed by atoms with Crippen LogP contribution in [0.25, 0.3) is 12.2 Å². The number of rotatable bonds is 7. The lowest BCUT2D eigenvalue weighted by molar-refractivity contribution is -0.0543. The second kappa shape index (κ2) is 7.32. The first-order chi connectivity index (χ1) is 12.4. The monoisotopic (exact) mass is 373 g/mol. The summed E-state index contributed by atoms with van der Waals surface area (Å²) in [4.78, 5) is 4.16. The third kappa shape index (κ3) is 4.13. The van der Waals surface area contributed by atoms with Gasteiger partial charge in [0.1, 0.15) is 11.5 Å². The van der Waals surface area contributed by atoms with E-state index in [-0.39, 0.29) is 23.0 Å². The smallest absolute Gasteiger partial charge is 0.387 e. The molecule has 0 bridgehead atoms. The number of alkyl halides is 4. The van der Waals surface area contributed by atoms with Crippen LogP contribution in [0.3, 0.4) is 0 Å². The number of hydrogen-bond acceptors (Lipinski definition) is 6. The predicted molar refractivity (Wildman–Crippen MR) is 82.6 cm³/mol. The Morgan fingerprint density at radius 1 is 1.12 bits per heavy atom. The molecular formula is C16H15F4N3O3. The fourth-order valence-electron chi connectivity index (χ4n) is 2.47. The summed E-state index contributed by atoms with van der Waals surface area (Å²) in [6.07, 6.45) is 5.27. The largest absolute Gasteiger partial charge is 0.435 e. The van der Waals surface area contributed by atoms with Crippen molar-refractivity contribution in [2.75, 3.05) is 0 Å². The predicted octanol–water partition coefficient (Wildman–Crippen LogP) is 3.78. The molecule has 1 aliphatic rings. The van der Waals surface area contributed by atoms with Crippen molar-refractivity contribution in [2.45, 2.75) is 38.0 Å². The second-order valence-electron chi connectivity index (χ2n) is 5.76. The molecule has 0 spiro atoms. The van der Waals surface area contributed by atoms with Crippen LogP contribution in [-0.4, -0.2) is 23.4 Å². The molecule has 1 fully saturated rings. The Bertz CT molecular complexity index is 791. The molecule has 1 heterocycles. The molecule has 26 heavy (non-hydrogen) atoms. The van der Waals surface area contributed by atoms with Crippen molar-refractivity contribution in [3.05, 3.63) is 35.5 Å². The summed E-state index contributed by atoms with van der Waals surface area (Å²) in [7, 11) is 0. The Morgan fingerprint density at radius 3 is 2.46 bits per heavy atom. The van der Waals surface area contributed by atoms with Gasteiger partial charge in [0.2, 0.25) is 0 Å². The molecule has 140 valence electrons. The molecule has 2 N–H and O–H groups in total. The molecule has 1 aromatic heterocycles. The highest BCUT2D eigenvalue weighted by Gasteiger charge is 2.38. The Balaban J connectivity index is 1.80. The summed E-state index contributed by atoms with van der Waals surface area (Å²) in [5.41, 5.74) is 5.70. The maximum atomic E-state index is 12.5. The molecule has 10 heteroatoms. The number of benzene rings is 1. The van der Waals surface area contributed by atoms with E-state index in [1.165, 1.54) is 24.3 Å². The van der Waals surface area contributed by atoms with E-state index in [0.29, 0.717) is 5.82 Å². The molecule has 0 unspecified atom stereocenters. The summed E-state index contributed by atoms with van der Waals surface area (Å²) in [6.45, 7) is -6.21. The van der Waals surface area contributed by atoms with E-state index >= 15 is 0 Å². The minimum atomic E-state index is -3.13. The van der Waals surface area contributed by atoms with Gasteiger partial charge in [-0.05, 0) is 37.5 Å². The summed E-state index contributed by atoms with van der Waals surface area (Å²) in [5.74, 6) is -0.118. The van der Waals surface area contributed by atoms with Crippen molar-refractivity contribution in [2.24, 2.45) is 5.73 Å². The Hall–Kier alpha value is -2.62. The van der Waals surface area contributed by atoms with Gasteiger partial charge in [-0.25, -0.2) is 0 Å². The molecule has 0 saturated heterocycles. The lowest BCUT2D eigenvalue weighted by Gasteiger charge is -2.34. The van der Waals surface area contributed by atoms with Gasteiger partial charge in [-0.1, -0.05) is 5.16 Å². The van der Waals surface area contributed by atoms with Gasteiger partial charge in [0.25, 0.3) is 5.89 Å². The van der Waals surface area contributed by atoms with E-state index in [4.69, 9.17) is 10.3 Å². The third-order valence-corrected chi connectivity index (χ3v) is 3.96. The van der Waals surface area contributed by atoms with Crippen molar-refractivity contribution in [3.8, 4) is 11.5 Å². The topological polar surface area (TPSA) is 83.4 Å². The van der Waals surface area contributed by atoms with Crippen LogP contribution in [0.5, 0.6) is 11.5 Å². The van der Waals surface area contributed by atoms with Crippen LogP contribution in [0.1, 0.15) is 36.5 Å². The number of nitrogens with two attached hydrogens (primary N) is 1. The van der Waals surface area contributed by atoms with Crippen molar-refractivity contribution < 1.29 is 31.6 Å². The zero-order valence-electron chi connectivity index (χ0n) is 13.4. The summed E-state index contributed by atoms with van der Waals surface area (Å²) >= 11 is 0. The second-order valence-corrected chi connectivity index (χ2v) is 5.76. The molecule has 1 aliphatic carbocycles. The Kier molecular flexibility index (Phi) is 5.12. The van der Waals surface area contributed by atoms with Gasteiger partial charge >= 0.3 is 13.2 Å². The maximum Gasteiger partial charge on any atom is 0.387 e. The zero-order chi connectivity index (χ0) is 18.7. The van der Waals surface area contributed by atoms with Crippen molar-refractivity contribution in [1.29, 1.82) is 0 Å². The minimum absolute atomic E-state index is 0.132. The van der Waals surface area contributed by atoms with E-state index in [0.717, 1.165) is 25.3 Å². The first kappa shape index (κ1) is 18.2. The molecule has 2 aromatic rings. The van der Waals surface area contributed by atoms with Crippen molar-refractivity contribution in [3.63, 3.8) is 0 Å². The number of ether oxygens (including phenoxy) is 2. The van der Waals surface area contributed by atoms with Crippen molar-refractivity contribution in [1.82, 2.24) is 10.1 Å². The van der Waals surface area contributed by atoms with E-state index in [2.05, 4.69) is 19.6 Å². The average molecular weight is 373 g/mol. The number of nitrogens with zero attached hydrogens (tertiary/aromatic N) is 2. The van der Waals surface area contributed by atoms with Gasteiger partial charge in [-0.15, -0.1) is 0 Å². The number of halogens is 4. The number of hydrogen-bond donors (Lipinski definition) is 1. The lowest BCUT2D eigenvalue weighted by atomic mass is 9.77.